The van der Waals surface area contributed by atoms with E-state index < -0.39 is 0 Å². The van der Waals surface area contributed by atoms with Crippen molar-refractivity contribution in [3.05, 3.63) is 35.9 Å². The molecule has 3 rings (SSSR count). The lowest BCUT2D eigenvalue weighted by Gasteiger charge is -2.32. The van der Waals surface area contributed by atoms with Crippen LogP contribution in [0.3, 0.4) is 0 Å². The van der Waals surface area contributed by atoms with E-state index in [4.69, 9.17) is 0 Å². The first kappa shape index (κ1) is 15.5. The van der Waals surface area contributed by atoms with Crippen molar-refractivity contribution in [2.45, 2.75) is 51.0 Å². The Bertz CT molecular complexity index is 460. The SMILES string of the molecule is O=C(CNC1CCCC1)N1CCC(Cc2ccccc2)CC1. The molecule has 2 aliphatic rings. The Morgan fingerprint density at radius 1 is 1.05 bits per heavy atom. The van der Waals surface area contributed by atoms with Crippen LogP contribution < -0.4 is 5.32 Å². The van der Waals surface area contributed by atoms with E-state index >= 15 is 0 Å². The fraction of sp³-hybridized carbons (Fsp3) is 0.632. The summed E-state index contributed by atoms with van der Waals surface area (Å²) in [5, 5.41) is 3.44. The van der Waals surface area contributed by atoms with Crippen molar-refractivity contribution in [1.82, 2.24) is 10.2 Å². The van der Waals surface area contributed by atoms with E-state index in [1.165, 1.54) is 31.2 Å². The quantitative estimate of drug-likeness (QED) is 0.906. The molecule has 22 heavy (non-hydrogen) atoms. The Balaban J connectivity index is 1.38. The van der Waals surface area contributed by atoms with Crippen LogP contribution in [0.5, 0.6) is 0 Å². The van der Waals surface area contributed by atoms with E-state index in [1.807, 2.05) is 0 Å². The summed E-state index contributed by atoms with van der Waals surface area (Å²) in [4.78, 5) is 14.3. The van der Waals surface area contributed by atoms with Gasteiger partial charge in [-0.2, -0.15) is 0 Å². The van der Waals surface area contributed by atoms with Crippen molar-refractivity contribution in [3.8, 4) is 0 Å². The topological polar surface area (TPSA) is 32.3 Å². The van der Waals surface area contributed by atoms with Crippen molar-refractivity contribution < 1.29 is 4.79 Å². The summed E-state index contributed by atoms with van der Waals surface area (Å²) >= 11 is 0. The molecule has 1 aromatic rings. The van der Waals surface area contributed by atoms with E-state index in [-0.39, 0.29) is 0 Å². The summed E-state index contributed by atoms with van der Waals surface area (Å²) in [5.41, 5.74) is 1.43. The van der Waals surface area contributed by atoms with Gasteiger partial charge in [-0.25, -0.2) is 0 Å². The summed E-state index contributed by atoms with van der Waals surface area (Å²) < 4.78 is 0. The molecular weight excluding hydrogens is 272 g/mol. The second kappa shape index (κ2) is 7.77. The van der Waals surface area contributed by atoms with Crippen LogP contribution in [-0.2, 0) is 11.2 Å². The fourth-order valence-corrected chi connectivity index (χ4v) is 3.81. The molecule has 0 bridgehead atoms. The minimum atomic E-state index is 0.296. The monoisotopic (exact) mass is 300 g/mol. The van der Waals surface area contributed by atoms with Crippen LogP contribution >= 0.6 is 0 Å². The van der Waals surface area contributed by atoms with Gasteiger partial charge >= 0.3 is 0 Å². The third-order valence-corrected chi connectivity index (χ3v) is 5.23. The summed E-state index contributed by atoms with van der Waals surface area (Å²) in [7, 11) is 0. The van der Waals surface area contributed by atoms with Crippen molar-refractivity contribution in [1.29, 1.82) is 0 Å². The molecule has 0 atom stereocenters. The first-order valence-electron chi connectivity index (χ1n) is 8.86. The van der Waals surface area contributed by atoms with Gasteiger partial charge in [0.1, 0.15) is 0 Å². The Morgan fingerprint density at radius 3 is 2.41 bits per heavy atom. The Kier molecular flexibility index (Phi) is 5.49. The number of nitrogens with one attached hydrogen (secondary N) is 1. The summed E-state index contributed by atoms with van der Waals surface area (Å²) in [5.74, 6) is 1.03. The van der Waals surface area contributed by atoms with Crippen LogP contribution in [0.2, 0.25) is 0 Å². The predicted molar refractivity (Wildman–Crippen MR) is 89.7 cm³/mol. The van der Waals surface area contributed by atoms with Crippen LogP contribution in [-0.4, -0.2) is 36.5 Å². The highest BCUT2D eigenvalue weighted by Gasteiger charge is 2.23. The van der Waals surface area contributed by atoms with E-state index in [0.29, 0.717) is 18.5 Å². The third kappa shape index (κ3) is 4.33. The molecule has 1 saturated carbocycles. The number of amides is 1. The van der Waals surface area contributed by atoms with Crippen molar-refractivity contribution in [2.24, 2.45) is 5.92 Å². The summed E-state index contributed by atoms with van der Waals surface area (Å²) in [6, 6.07) is 11.3. The van der Waals surface area contributed by atoms with Gasteiger partial charge in [0.15, 0.2) is 0 Å². The maximum Gasteiger partial charge on any atom is 0.236 e. The molecule has 1 aliphatic heterocycles. The van der Waals surface area contributed by atoms with Gasteiger partial charge in [-0.3, -0.25) is 4.79 Å². The number of hydrogen-bond donors (Lipinski definition) is 1. The zero-order valence-electron chi connectivity index (χ0n) is 13.5. The van der Waals surface area contributed by atoms with Crippen LogP contribution in [0.1, 0.15) is 44.1 Å². The van der Waals surface area contributed by atoms with Gasteiger partial charge < -0.3 is 10.2 Å². The molecule has 3 heteroatoms. The number of piperidine rings is 1. The van der Waals surface area contributed by atoms with E-state index in [9.17, 15) is 4.79 Å². The molecule has 0 unspecified atom stereocenters. The first-order valence-corrected chi connectivity index (χ1v) is 8.86. The number of hydrogen-bond acceptors (Lipinski definition) is 2. The summed E-state index contributed by atoms with van der Waals surface area (Å²) in [6.45, 7) is 2.40. The molecule has 3 nitrogen and oxygen atoms in total. The average molecular weight is 300 g/mol. The Hall–Kier alpha value is -1.35. The highest BCUT2D eigenvalue weighted by atomic mass is 16.2. The van der Waals surface area contributed by atoms with Crippen LogP contribution in [0.4, 0.5) is 0 Å². The number of carbonyl (C=O) groups excluding carboxylic acids is 1. The lowest BCUT2D eigenvalue weighted by Crippen LogP contribution is -2.44. The van der Waals surface area contributed by atoms with Gasteiger partial charge in [0.05, 0.1) is 6.54 Å². The zero-order chi connectivity index (χ0) is 15.2. The lowest BCUT2D eigenvalue weighted by atomic mass is 9.90. The van der Waals surface area contributed by atoms with E-state index in [2.05, 4.69) is 40.5 Å². The van der Waals surface area contributed by atoms with Crippen LogP contribution in [0.15, 0.2) is 30.3 Å². The normalized spacial score (nSPS) is 20.5. The molecule has 1 amide bonds. The minimum Gasteiger partial charge on any atom is -0.342 e. The number of likely N-dealkylation sites (tertiary alicyclic amines) is 1. The first-order chi connectivity index (χ1) is 10.8. The molecule has 1 N–H and O–H groups in total. The average Bonchev–Trinajstić information content (AvgIpc) is 3.08. The summed E-state index contributed by atoms with van der Waals surface area (Å²) in [6.07, 6.45) is 8.56. The highest BCUT2D eigenvalue weighted by molar-refractivity contribution is 5.78. The van der Waals surface area contributed by atoms with Crippen molar-refractivity contribution in [3.63, 3.8) is 0 Å². The second-order valence-electron chi connectivity index (χ2n) is 6.88. The van der Waals surface area contributed by atoms with Crippen LogP contribution in [0.25, 0.3) is 0 Å². The molecule has 0 spiro atoms. The van der Waals surface area contributed by atoms with E-state index in [1.54, 1.807) is 0 Å². The van der Waals surface area contributed by atoms with Gasteiger partial charge in [0.2, 0.25) is 5.91 Å². The van der Waals surface area contributed by atoms with E-state index in [0.717, 1.165) is 38.3 Å². The van der Waals surface area contributed by atoms with Crippen molar-refractivity contribution >= 4 is 5.91 Å². The Labute approximate surface area is 134 Å². The van der Waals surface area contributed by atoms with Gasteiger partial charge in [-0.05, 0) is 43.6 Å². The molecule has 0 radical (unpaired) electrons. The number of nitrogens with zero attached hydrogens (tertiary/aromatic N) is 1. The fourth-order valence-electron chi connectivity index (χ4n) is 3.81. The number of benzene rings is 1. The van der Waals surface area contributed by atoms with Crippen LogP contribution in [0, 0.1) is 5.92 Å². The van der Waals surface area contributed by atoms with Gasteiger partial charge in [-0.1, -0.05) is 43.2 Å². The largest absolute Gasteiger partial charge is 0.342 e. The van der Waals surface area contributed by atoms with Gasteiger partial charge in [0.25, 0.3) is 0 Å². The molecular formula is C19H28N2O. The smallest absolute Gasteiger partial charge is 0.236 e. The minimum absolute atomic E-state index is 0.296. The molecule has 1 saturated heterocycles. The van der Waals surface area contributed by atoms with Gasteiger partial charge in [0, 0.05) is 19.1 Å². The maximum atomic E-state index is 12.3. The molecule has 120 valence electrons. The lowest BCUT2D eigenvalue weighted by molar-refractivity contribution is -0.131. The third-order valence-electron chi connectivity index (χ3n) is 5.23. The highest BCUT2D eigenvalue weighted by Crippen LogP contribution is 2.22. The van der Waals surface area contributed by atoms with Gasteiger partial charge in [-0.15, -0.1) is 0 Å². The Morgan fingerprint density at radius 2 is 1.73 bits per heavy atom. The molecule has 1 aliphatic carbocycles. The molecule has 1 heterocycles. The number of rotatable bonds is 5. The maximum absolute atomic E-state index is 12.3. The van der Waals surface area contributed by atoms with Crippen molar-refractivity contribution in [2.75, 3.05) is 19.6 Å². The standard InChI is InChI=1S/C19H28N2O/c22-19(15-20-18-8-4-5-9-18)21-12-10-17(11-13-21)14-16-6-2-1-3-7-16/h1-3,6-7,17-18,20H,4-5,8-15H2. The number of carbonyl (C=O) groups is 1. The zero-order valence-corrected chi connectivity index (χ0v) is 13.5. The molecule has 1 aromatic carbocycles. The molecule has 0 aromatic heterocycles. The molecule has 2 fully saturated rings. The predicted octanol–water partition coefficient (Wildman–Crippen LogP) is 3.00. The second-order valence-corrected chi connectivity index (χ2v) is 6.88.